The van der Waals surface area contributed by atoms with Crippen LogP contribution in [0.25, 0.3) is 0 Å². The van der Waals surface area contributed by atoms with Crippen LogP contribution in [0.15, 0.2) is 0 Å². The van der Waals surface area contributed by atoms with E-state index >= 15 is 0 Å². The molecule has 0 aromatic rings. The molecule has 0 radical (unpaired) electrons. The average Bonchev–Trinajstić information content (AvgIpc) is 2.25. The molecule has 0 saturated heterocycles. The van der Waals surface area contributed by atoms with Crippen LogP contribution in [0, 0.1) is 0 Å². The van der Waals surface area contributed by atoms with Gasteiger partial charge in [0.15, 0.2) is 0 Å². The van der Waals surface area contributed by atoms with Crippen LogP contribution in [0.1, 0.15) is 6.92 Å². The number of halogens is 12. The summed E-state index contributed by atoms with van der Waals surface area (Å²) in [5.41, 5.74) is 0. The summed E-state index contributed by atoms with van der Waals surface area (Å²) in [6.07, 6.45) is 0. The molecule has 15 heteroatoms. The van der Waals surface area contributed by atoms with Gasteiger partial charge >= 0.3 is 34.9 Å². The minimum atomic E-state index is -7.80. The zero-order chi connectivity index (χ0) is 18.6. The molecular weight excluding hydrogens is 376 g/mol. The van der Waals surface area contributed by atoms with Gasteiger partial charge in [-0.05, 0) is 0 Å². The molecule has 0 fully saturated rings. The fraction of sp³-hybridized carbons (Fsp3) is 1.00. The van der Waals surface area contributed by atoms with E-state index in [9.17, 15) is 56.9 Å². The molecule has 0 aliphatic rings. The largest absolute Gasteiger partial charge is 0.413 e. The van der Waals surface area contributed by atoms with Crippen molar-refractivity contribution in [3.8, 4) is 0 Å². The molecule has 0 heterocycles. The SMILES string of the molecule is CC(F)(F)C(F)(F)C(F)(F)C(F)(F)C(F)(F)C(F)(F)S(=O)O. The Labute approximate surface area is 115 Å². The molecule has 2 nitrogen and oxygen atoms in total. The average molecular weight is 380 g/mol. The van der Waals surface area contributed by atoms with Gasteiger partial charge < -0.3 is 4.55 Å². The van der Waals surface area contributed by atoms with E-state index < -0.39 is 52.9 Å². The van der Waals surface area contributed by atoms with Crippen LogP contribution in [0.4, 0.5) is 52.7 Å². The second-order valence-corrected chi connectivity index (χ2v) is 4.96. The first-order valence-electron chi connectivity index (χ1n) is 4.57. The molecule has 0 aliphatic carbocycles. The third-order valence-corrected chi connectivity index (χ3v) is 3.01. The summed E-state index contributed by atoms with van der Waals surface area (Å²) in [5, 5.41) is -6.83. The summed E-state index contributed by atoms with van der Waals surface area (Å²) in [6, 6.07) is 0. The molecule has 0 aliphatic heterocycles. The third kappa shape index (κ3) is 2.55. The lowest BCUT2D eigenvalue weighted by Gasteiger charge is -2.39. The maximum absolute atomic E-state index is 12.8. The molecule has 0 rings (SSSR count). The van der Waals surface area contributed by atoms with E-state index in [-0.39, 0.29) is 0 Å². The predicted molar refractivity (Wildman–Crippen MR) is 46.1 cm³/mol. The van der Waals surface area contributed by atoms with Gasteiger partial charge in [-0.2, -0.15) is 52.7 Å². The molecule has 134 valence electrons. The quantitative estimate of drug-likeness (QED) is 0.559. The van der Waals surface area contributed by atoms with Crippen LogP contribution in [-0.4, -0.2) is 43.6 Å². The van der Waals surface area contributed by atoms with Gasteiger partial charge in [0.1, 0.15) is 0 Å². The third-order valence-electron chi connectivity index (χ3n) is 2.32. The molecular formula is C7H4F12O2S. The highest BCUT2D eigenvalue weighted by Gasteiger charge is 2.90. The molecule has 0 amide bonds. The summed E-state index contributed by atoms with van der Waals surface area (Å²) in [5.74, 6) is -36.2. The molecule has 1 atom stereocenters. The number of rotatable bonds is 6. The molecule has 1 unspecified atom stereocenters. The molecule has 0 bridgehead atoms. The highest BCUT2D eigenvalue weighted by atomic mass is 32.2. The van der Waals surface area contributed by atoms with Crippen molar-refractivity contribution in [2.75, 3.05) is 0 Å². The summed E-state index contributed by atoms with van der Waals surface area (Å²) in [4.78, 5) is 0. The van der Waals surface area contributed by atoms with E-state index in [1.54, 1.807) is 0 Å². The van der Waals surface area contributed by atoms with E-state index in [0.29, 0.717) is 0 Å². The summed E-state index contributed by atoms with van der Waals surface area (Å²) in [7, 11) is 0. The van der Waals surface area contributed by atoms with E-state index in [1.165, 1.54) is 0 Å². The van der Waals surface area contributed by atoms with Gasteiger partial charge in [0.25, 0.3) is 0 Å². The van der Waals surface area contributed by atoms with Crippen molar-refractivity contribution in [3.05, 3.63) is 0 Å². The highest BCUT2D eigenvalue weighted by molar-refractivity contribution is 7.80. The lowest BCUT2D eigenvalue weighted by Crippen LogP contribution is -2.70. The fourth-order valence-corrected chi connectivity index (χ4v) is 1.31. The Hall–Kier alpha value is -0.730. The Kier molecular flexibility index (Phi) is 4.97. The van der Waals surface area contributed by atoms with Gasteiger partial charge in [-0.25, -0.2) is 4.21 Å². The van der Waals surface area contributed by atoms with E-state index in [1.807, 2.05) is 0 Å². The van der Waals surface area contributed by atoms with Crippen molar-refractivity contribution in [1.82, 2.24) is 0 Å². The van der Waals surface area contributed by atoms with E-state index in [0.717, 1.165) is 0 Å². The zero-order valence-electron chi connectivity index (χ0n) is 9.80. The Morgan fingerprint density at radius 1 is 0.636 bits per heavy atom. The molecule has 0 aromatic carbocycles. The molecule has 0 saturated carbocycles. The number of hydrogen-bond acceptors (Lipinski definition) is 1. The van der Waals surface area contributed by atoms with Gasteiger partial charge in [-0.3, -0.25) is 0 Å². The van der Waals surface area contributed by atoms with Crippen LogP contribution >= 0.6 is 0 Å². The number of hydrogen-bond donors (Lipinski definition) is 1. The highest BCUT2D eigenvalue weighted by Crippen LogP contribution is 2.60. The lowest BCUT2D eigenvalue weighted by molar-refractivity contribution is -0.414. The van der Waals surface area contributed by atoms with Crippen molar-refractivity contribution in [3.63, 3.8) is 0 Å². The normalized spacial score (nSPS) is 17.5. The van der Waals surface area contributed by atoms with Gasteiger partial charge in [0.05, 0.1) is 0 Å². The Balaban J connectivity index is 6.29. The van der Waals surface area contributed by atoms with Crippen LogP contribution < -0.4 is 0 Å². The molecule has 22 heavy (non-hydrogen) atoms. The molecule has 0 spiro atoms. The van der Waals surface area contributed by atoms with Crippen molar-refractivity contribution in [2.24, 2.45) is 0 Å². The van der Waals surface area contributed by atoms with Crippen LogP contribution in [-0.2, 0) is 11.1 Å². The fourth-order valence-electron chi connectivity index (χ4n) is 0.962. The maximum Gasteiger partial charge on any atom is 0.413 e. The van der Waals surface area contributed by atoms with Crippen molar-refractivity contribution >= 4 is 11.1 Å². The topological polar surface area (TPSA) is 37.3 Å². The van der Waals surface area contributed by atoms with E-state index in [4.69, 9.17) is 4.55 Å². The monoisotopic (exact) mass is 380 g/mol. The molecule has 0 aromatic heterocycles. The first-order chi connectivity index (χ1) is 9.19. The van der Waals surface area contributed by atoms with Gasteiger partial charge in [0, 0.05) is 6.92 Å². The first-order valence-corrected chi connectivity index (χ1v) is 5.68. The maximum atomic E-state index is 12.8. The summed E-state index contributed by atoms with van der Waals surface area (Å²) < 4.78 is 169. The van der Waals surface area contributed by atoms with Crippen molar-refractivity contribution in [1.29, 1.82) is 0 Å². The first kappa shape index (κ1) is 21.3. The van der Waals surface area contributed by atoms with Crippen LogP contribution in [0.5, 0.6) is 0 Å². The Bertz CT molecular complexity index is 453. The Morgan fingerprint density at radius 3 is 1.14 bits per heavy atom. The van der Waals surface area contributed by atoms with E-state index in [2.05, 4.69) is 0 Å². The minimum absolute atomic E-state index is 1.04. The summed E-state index contributed by atoms with van der Waals surface area (Å²) >= 11 is -5.20. The second-order valence-electron chi connectivity index (χ2n) is 3.95. The van der Waals surface area contributed by atoms with Gasteiger partial charge in [-0.1, -0.05) is 0 Å². The minimum Gasteiger partial charge on any atom is -0.301 e. The van der Waals surface area contributed by atoms with Crippen LogP contribution in [0.2, 0.25) is 0 Å². The lowest BCUT2D eigenvalue weighted by atomic mass is 9.95. The standard InChI is InChI=1S/C7H4F12O2S/c1-2(8,9)3(10,11)4(12,13)5(14,15)6(16,17)7(18,19)22(20)21/h1H3,(H,20,21). The van der Waals surface area contributed by atoms with Crippen molar-refractivity contribution < 1.29 is 61.4 Å². The second kappa shape index (κ2) is 5.14. The zero-order valence-corrected chi connectivity index (χ0v) is 10.6. The van der Waals surface area contributed by atoms with Gasteiger partial charge in [0.2, 0.25) is 11.1 Å². The Morgan fingerprint density at radius 2 is 0.909 bits per heavy atom. The number of alkyl halides is 12. The van der Waals surface area contributed by atoms with Gasteiger partial charge in [-0.15, -0.1) is 0 Å². The van der Waals surface area contributed by atoms with Crippen molar-refractivity contribution in [2.45, 2.75) is 41.8 Å². The molecule has 1 N–H and O–H groups in total. The summed E-state index contributed by atoms with van der Waals surface area (Å²) in [6.45, 7) is -1.04. The van der Waals surface area contributed by atoms with Crippen LogP contribution in [0.3, 0.4) is 0 Å². The predicted octanol–water partition coefficient (Wildman–Crippen LogP) is 4.00. The smallest absolute Gasteiger partial charge is 0.301 e.